The molecule has 1 fully saturated rings. The summed E-state index contributed by atoms with van der Waals surface area (Å²) in [7, 11) is 0. The predicted molar refractivity (Wildman–Crippen MR) is 59.4 cm³/mol. The molecule has 1 atom stereocenters. The third kappa shape index (κ3) is 1.95. The molecule has 84 valence electrons. The fraction of sp³-hybridized carbons (Fsp3) is 0.769. The zero-order chi connectivity index (χ0) is 10.7. The molecule has 2 aliphatic rings. The van der Waals surface area contributed by atoms with Crippen LogP contribution in [0.3, 0.4) is 0 Å². The van der Waals surface area contributed by atoms with Crippen molar-refractivity contribution in [2.45, 2.75) is 45.4 Å². The quantitative estimate of drug-likeness (QED) is 0.515. The predicted octanol–water partition coefficient (Wildman–Crippen LogP) is 3.08. The third-order valence-corrected chi connectivity index (χ3v) is 3.87. The molecule has 2 heteroatoms. The Morgan fingerprint density at radius 3 is 2.80 bits per heavy atom. The van der Waals surface area contributed by atoms with Crippen molar-refractivity contribution in [3.05, 3.63) is 12.2 Å². The van der Waals surface area contributed by atoms with E-state index in [1.165, 1.54) is 32.1 Å². The Bertz CT molecular complexity index is 262. The molecule has 2 rings (SSSR count). The molecule has 0 bridgehead atoms. The molecule has 0 aliphatic heterocycles. The molecule has 0 heterocycles. The molecular formula is C13H20O2. The van der Waals surface area contributed by atoms with E-state index in [0.29, 0.717) is 6.61 Å². The number of rotatable bonds is 2. The Kier molecular flexibility index (Phi) is 3.13. The molecule has 0 aromatic carbocycles. The molecule has 2 aliphatic carbocycles. The standard InChI is InChI=1S/C13H20O2/c1-2-15-12(14)11-7-6-10-13(11)8-4-3-5-9-13/h6,10-11H,2-5,7-9H2,1H3. The van der Waals surface area contributed by atoms with Gasteiger partial charge in [-0.25, -0.2) is 0 Å². The number of esters is 1. The normalized spacial score (nSPS) is 28.2. The largest absolute Gasteiger partial charge is 0.466 e. The summed E-state index contributed by atoms with van der Waals surface area (Å²) in [6, 6.07) is 0. The average Bonchev–Trinajstić information content (AvgIpc) is 2.63. The maximum Gasteiger partial charge on any atom is 0.310 e. The molecule has 1 unspecified atom stereocenters. The number of carbonyl (C=O) groups is 1. The number of hydrogen-bond donors (Lipinski definition) is 0. The molecule has 1 saturated carbocycles. The van der Waals surface area contributed by atoms with Crippen molar-refractivity contribution in [1.82, 2.24) is 0 Å². The highest BCUT2D eigenvalue weighted by molar-refractivity contribution is 5.75. The van der Waals surface area contributed by atoms with Crippen LogP contribution >= 0.6 is 0 Å². The van der Waals surface area contributed by atoms with Gasteiger partial charge in [-0.15, -0.1) is 0 Å². The molecule has 1 spiro atoms. The van der Waals surface area contributed by atoms with Gasteiger partial charge in [-0.2, -0.15) is 0 Å². The average molecular weight is 208 g/mol. The maximum atomic E-state index is 11.9. The fourth-order valence-corrected chi connectivity index (χ4v) is 3.09. The van der Waals surface area contributed by atoms with Crippen molar-refractivity contribution in [3.8, 4) is 0 Å². The van der Waals surface area contributed by atoms with Gasteiger partial charge in [0.25, 0.3) is 0 Å². The lowest BCUT2D eigenvalue weighted by Gasteiger charge is -2.36. The highest BCUT2D eigenvalue weighted by Crippen LogP contribution is 2.49. The zero-order valence-electron chi connectivity index (χ0n) is 9.50. The number of hydrogen-bond acceptors (Lipinski definition) is 2. The molecule has 15 heavy (non-hydrogen) atoms. The van der Waals surface area contributed by atoms with Crippen LogP contribution < -0.4 is 0 Å². The van der Waals surface area contributed by atoms with Gasteiger partial charge in [0.15, 0.2) is 0 Å². The van der Waals surface area contributed by atoms with E-state index in [9.17, 15) is 4.79 Å². The van der Waals surface area contributed by atoms with Crippen molar-refractivity contribution < 1.29 is 9.53 Å². The Hall–Kier alpha value is -0.790. The monoisotopic (exact) mass is 208 g/mol. The van der Waals surface area contributed by atoms with Gasteiger partial charge in [-0.1, -0.05) is 31.4 Å². The van der Waals surface area contributed by atoms with Crippen molar-refractivity contribution in [3.63, 3.8) is 0 Å². The fourth-order valence-electron chi connectivity index (χ4n) is 3.09. The molecule has 0 saturated heterocycles. The van der Waals surface area contributed by atoms with Gasteiger partial charge < -0.3 is 4.74 Å². The van der Waals surface area contributed by atoms with Crippen LogP contribution in [0.5, 0.6) is 0 Å². The Balaban J connectivity index is 2.08. The number of allylic oxidation sites excluding steroid dienone is 2. The van der Waals surface area contributed by atoms with Crippen molar-refractivity contribution in [2.24, 2.45) is 11.3 Å². The van der Waals surface area contributed by atoms with Gasteiger partial charge in [-0.3, -0.25) is 4.79 Å². The van der Waals surface area contributed by atoms with E-state index in [-0.39, 0.29) is 17.3 Å². The molecule has 0 aromatic rings. The van der Waals surface area contributed by atoms with E-state index in [1.807, 2.05) is 6.92 Å². The highest BCUT2D eigenvalue weighted by atomic mass is 16.5. The van der Waals surface area contributed by atoms with E-state index in [2.05, 4.69) is 12.2 Å². The van der Waals surface area contributed by atoms with Crippen molar-refractivity contribution >= 4 is 5.97 Å². The van der Waals surface area contributed by atoms with Crippen molar-refractivity contribution in [1.29, 1.82) is 0 Å². The first-order chi connectivity index (χ1) is 7.28. The lowest BCUT2D eigenvalue weighted by Crippen LogP contribution is -2.34. The van der Waals surface area contributed by atoms with Crippen LogP contribution in [-0.4, -0.2) is 12.6 Å². The SMILES string of the molecule is CCOC(=O)C1CC=CC12CCCCC2. The van der Waals surface area contributed by atoms with Crippen molar-refractivity contribution in [2.75, 3.05) is 6.61 Å². The van der Waals surface area contributed by atoms with Crippen LogP contribution in [0, 0.1) is 11.3 Å². The van der Waals surface area contributed by atoms with E-state index < -0.39 is 0 Å². The molecule has 2 nitrogen and oxygen atoms in total. The third-order valence-electron chi connectivity index (χ3n) is 3.87. The van der Waals surface area contributed by atoms with Gasteiger partial charge in [0.05, 0.1) is 12.5 Å². The van der Waals surface area contributed by atoms with Gasteiger partial charge in [0.2, 0.25) is 0 Å². The Morgan fingerprint density at radius 1 is 1.40 bits per heavy atom. The summed E-state index contributed by atoms with van der Waals surface area (Å²) in [5.74, 6) is 0.127. The minimum absolute atomic E-state index is 0.0180. The lowest BCUT2D eigenvalue weighted by atomic mass is 9.68. The Labute approximate surface area is 91.7 Å². The summed E-state index contributed by atoms with van der Waals surface area (Å²) in [4.78, 5) is 11.9. The van der Waals surface area contributed by atoms with Crippen LogP contribution in [0.2, 0.25) is 0 Å². The molecule has 0 amide bonds. The summed E-state index contributed by atoms with van der Waals surface area (Å²) in [6.45, 7) is 2.39. The topological polar surface area (TPSA) is 26.3 Å². The molecule has 0 radical (unpaired) electrons. The number of carbonyl (C=O) groups excluding carboxylic acids is 1. The van der Waals surface area contributed by atoms with E-state index in [4.69, 9.17) is 4.74 Å². The summed E-state index contributed by atoms with van der Waals surface area (Å²) < 4.78 is 5.17. The first kappa shape index (κ1) is 10.7. The first-order valence-electron chi connectivity index (χ1n) is 6.13. The van der Waals surface area contributed by atoms with Gasteiger partial charge in [0, 0.05) is 5.41 Å². The second-order valence-corrected chi connectivity index (χ2v) is 4.74. The van der Waals surface area contributed by atoms with E-state index >= 15 is 0 Å². The van der Waals surface area contributed by atoms with Crippen LogP contribution in [0.25, 0.3) is 0 Å². The summed E-state index contributed by atoms with van der Waals surface area (Å²) in [6.07, 6.45) is 11.5. The lowest BCUT2D eigenvalue weighted by molar-refractivity contribution is -0.152. The van der Waals surface area contributed by atoms with Crippen LogP contribution in [-0.2, 0) is 9.53 Å². The molecule has 0 aromatic heterocycles. The zero-order valence-corrected chi connectivity index (χ0v) is 9.50. The summed E-state index contributed by atoms with van der Waals surface area (Å²) >= 11 is 0. The first-order valence-corrected chi connectivity index (χ1v) is 6.13. The van der Waals surface area contributed by atoms with Gasteiger partial charge in [0.1, 0.15) is 0 Å². The summed E-state index contributed by atoms with van der Waals surface area (Å²) in [5.41, 5.74) is 0.157. The van der Waals surface area contributed by atoms with Crippen LogP contribution in [0.15, 0.2) is 12.2 Å². The summed E-state index contributed by atoms with van der Waals surface area (Å²) in [5, 5.41) is 0. The minimum atomic E-state index is 0.0180. The smallest absolute Gasteiger partial charge is 0.310 e. The van der Waals surface area contributed by atoms with Crippen LogP contribution in [0.1, 0.15) is 45.4 Å². The van der Waals surface area contributed by atoms with Crippen LogP contribution in [0.4, 0.5) is 0 Å². The number of ether oxygens (including phenoxy) is 1. The van der Waals surface area contributed by atoms with E-state index in [1.54, 1.807) is 0 Å². The second-order valence-electron chi connectivity index (χ2n) is 4.74. The highest BCUT2D eigenvalue weighted by Gasteiger charge is 2.44. The minimum Gasteiger partial charge on any atom is -0.466 e. The van der Waals surface area contributed by atoms with Gasteiger partial charge >= 0.3 is 5.97 Å². The van der Waals surface area contributed by atoms with Gasteiger partial charge in [-0.05, 0) is 26.2 Å². The Morgan fingerprint density at radius 2 is 2.13 bits per heavy atom. The second kappa shape index (κ2) is 4.38. The van der Waals surface area contributed by atoms with E-state index in [0.717, 1.165) is 6.42 Å². The molecule has 0 N–H and O–H groups in total. The maximum absolute atomic E-state index is 11.9. The molecular weight excluding hydrogens is 188 g/mol.